The molecular formula is C13H23NO. The van der Waals surface area contributed by atoms with Gasteiger partial charge in [-0.15, -0.1) is 0 Å². The average Bonchev–Trinajstić information content (AvgIpc) is 2.69. The van der Waals surface area contributed by atoms with Gasteiger partial charge in [0.1, 0.15) is 0 Å². The van der Waals surface area contributed by atoms with E-state index in [1.54, 1.807) is 0 Å². The highest BCUT2D eigenvalue weighted by molar-refractivity contribution is 5.02. The van der Waals surface area contributed by atoms with Gasteiger partial charge in [0.15, 0.2) is 0 Å². The molecule has 0 radical (unpaired) electrons. The molecule has 1 unspecified atom stereocenters. The summed E-state index contributed by atoms with van der Waals surface area (Å²) in [5, 5.41) is 3.71. The molecule has 1 N–H and O–H groups in total. The second kappa shape index (κ2) is 4.06. The molecule has 1 saturated heterocycles. The zero-order valence-corrected chi connectivity index (χ0v) is 9.63. The fourth-order valence-corrected chi connectivity index (χ4v) is 3.67. The zero-order valence-electron chi connectivity index (χ0n) is 9.63. The molecule has 0 aromatic heterocycles. The molecule has 1 heterocycles. The molecule has 1 atom stereocenters. The Morgan fingerprint density at radius 1 is 1.13 bits per heavy atom. The molecule has 3 rings (SSSR count). The van der Waals surface area contributed by atoms with Crippen molar-refractivity contribution in [2.24, 2.45) is 5.92 Å². The summed E-state index contributed by atoms with van der Waals surface area (Å²) in [7, 11) is 0. The Kier molecular flexibility index (Phi) is 2.73. The van der Waals surface area contributed by atoms with Crippen LogP contribution in [0.15, 0.2) is 0 Å². The van der Waals surface area contributed by atoms with Crippen LogP contribution < -0.4 is 5.32 Å². The Morgan fingerprint density at radius 2 is 1.93 bits per heavy atom. The van der Waals surface area contributed by atoms with E-state index in [-0.39, 0.29) is 5.60 Å². The lowest BCUT2D eigenvalue weighted by atomic mass is 9.71. The molecule has 1 spiro atoms. The largest absolute Gasteiger partial charge is 0.372 e. The normalized spacial score (nSPS) is 35.6. The molecule has 0 amide bonds. The maximum absolute atomic E-state index is 6.06. The van der Waals surface area contributed by atoms with Gasteiger partial charge in [0.25, 0.3) is 0 Å². The van der Waals surface area contributed by atoms with E-state index < -0.39 is 0 Å². The van der Waals surface area contributed by atoms with Gasteiger partial charge < -0.3 is 10.1 Å². The predicted molar refractivity (Wildman–Crippen MR) is 60.9 cm³/mol. The summed E-state index contributed by atoms with van der Waals surface area (Å²) >= 11 is 0. The third kappa shape index (κ3) is 1.83. The van der Waals surface area contributed by atoms with Gasteiger partial charge in [-0.3, -0.25) is 0 Å². The summed E-state index contributed by atoms with van der Waals surface area (Å²) in [5.41, 5.74) is 0.265. The minimum Gasteiger partial charge on any atom is -0.372 e. The van der Waals surface area contributed by atoms with Crippen LogP contribution in [0.5, 0.6) is 0 Å². The fraction of sp³-hybridized carbons (Fsp3) is 1.00. The van der Waals surface area contributed by atoms with Crippen LogP contribution in [-0.4, -0.2) is 24.8 Å². The van der Waals surface area contributed by atoms with Gasteiger partial charge >= 0.3 is 0 Å². The van der Waals surface area contributed by atoms with Crippen molar-refractivity contribution in [1.82, 2.24) is 5.32 Å². The Bertz CT molecular complexity index is 219. The third-order valence-corrected chi connectivity index (χ3v) is 4.76. The van der Waals surface area contributed by atoms with Crippen LogP contribution in [0.4, 0.5) is 0 Å². The third-order valence-electron chi connectivity index (χ3n) is 4.76. The average molecular weight is 209 g/mol. The van der Waals surface area contributed by atoms with Crippen molar-refractivity contribution in [3.05, 3.63) is 0 Å². The van der Waals surface area contributed by atoms with Crippen molar-refractivity contribution in [1.29, 1.82) is 0 Å². The smallest absolute Gasteiger partial charge is 0.0835 e. The van der Waals surface area contributed by atoms with Crippen LogP contribution in [0.1, 0.15) is 51.4 Å². The first-order chi connectivity index (χ1) is 7.39. The van der Waals surface area contributed by atoms with Gasteiger partial charge in [-0.2, -0.15) is 0 Å². The van der Waals surface area contributed by atoms with Gasteiger partial charge in [-0.05, 0) is 31.6 Å². The van der Waals surface area contributed by atoms with Crippen molar-refractivity contribution in [3.8, 4) is 0 Å². The standard InChI is InChI=1S/C13H23NO/c1-2-5-11(4-1)10-12-13(6-3-7-13)15-9-8-14-12/h11-12,14H,1-10H2. The molecule has 2 heteroatoms. The molecule has 0 aromatic rings. The van der Waals surface area contributed by atoms with E-state index in [0.29, 0.717) is 6.04 Å². The van der Waals surface area contributed by atoms with Gasteiger partial charge in [0.05, 0.1) is 12.2 Å². The second-order valence-corrected chi connectivity index (χ2v) is 5.66. The molecular weight excluding hydrogens is 186 g/mol. The van der Waals surface area contributed by atoms with Crippen molar-refractivity contribution >= 4 is 0 Å². The lowest BCUT2D eigenvalue weighted by Crippen LogP contribution is -2.61. The first-order valence-electron chi connectivity index (χ1n) is 6.76. The van der Waals surface area contributed by atoms with Gasteiger partial charge in [-0.1, -0.05) is 25.7 Å². The minimum absolute atomic E-state index is 0.265. The van der Waals surface area contributed by atoms with Crippen molar-refractivity contribution < 1.29 is 4.74 Å². The number of morpholine rings is 1. The van der Waals surface area contributed by atoms with Crippen LogP contribution in [0.2, 0.25) is 0 Å². The maximum Gasteiger partial charge on any atom is 0.0835 e. The van der Waals surface area contributed by atoms with Gasteiger partial charge in [-0.25, -0.2) is 0 Å². The first kappa shape index (κ1) is 10.1. The summed E-state index contributed by atoms with van der Waals surface area (Å²) in [6.07, 6.45) is 11.2. The number of ether oxygens (including phenoxy) is 1. The minimum atomic E-state index is 0.265. The molecule has 15 heavy (non-hydrogen) atoms. The van der Waals surface area contributed by atoms with Crippen LogP contribution in [0.3, 0.4) is 0 Å². The van der Waals surface area contributed by atoms with E-state index in [2.05, 4.69) is 5.32 Å². The van der Waals surface area contributed by atoms with E-state index in [4.69, 9.17) is 4.74 Å². The summed E-state index contributed by atoms with van der Waals surface area (Å²) in [4.78, 5) is 0. The Labute approximate surface area is 92.8 Å². The molecule has 2 nitrogen and oxygen atoms in total. The number of hydrogen-bond donors (Lipinski definition) is 1. The topological polar surface area (TPSA) is 21.3 Å². The highest BCUT2D eigenvalue weighted by Gasteiger charge is 2.47. The Hall–Kier alpha value is -0.0800. The van der Waals surface area contributed by atoms with E-state index in [1.165, 1.54) is 51.4 Å². The van der Waals surface area contributed by atoms with E-state index >= 15 is 0 Å². The van der Waals surface area contributed by atoms with E-state index in [9.17, 15) is 0 Å². The Morgan fingerprint density at radius 3 is 2.60 bits per heavy atom. The Balaban J connectivity index is 1.61. The molecule has 1 aliphatic heterocycles. The first-order valence-corrected chi connectivity index (χ1v) is 6.76. The number of hydrogen-bond acceptors (Lipinski definition) is 2. The molecule has 2 aliphatic carbocycles. The molecule has 3 fully saturated rings. The van der Waals surface area contributed by atoms with Crippen LogP contribution in [0.25, 0.3) is 0 Å². The second-order valence-electron chi connectivity index (χ2n) is 5.66. The quantitative estimate of drug-likeness (QED) is 0.754. The summed E-state index contributed by atoms with van der Waals surface area (Å²) < 4.78 is 6.06. The monoisotopic (exact) mass is 209 g/mol. The number of nitrogens with one attached hydrogen (secondary N) is 1. The zero-order chi connectivity index (χ0) is 10.1. The SMILES string of the molecule is C1CCC(CC2NCCOC23CCC3)C1. The van der Waals surface area contributed by atoms with Crippen molar-refractivity contribution in [2.45, 2.75) is 63.0 Å². The van der Waals surface area contributed by atoms with Crippen molar-refractivity contribution in [2.75, 3.05) is 13.2 Å². The van der Waals surface area contributed by atoms with Crippen molar-refractivity contribution in [3.63, 3.8) is 0 Å². The van der Waals surface area contributed by atoms with Crippen LogP contribution >= 0.6 is 0 Å². The molecule has 3 aliphatic rings. The van der Waals surface area contributed by atoms with Crippen LogP contribution in [-0.2, 0) is 4.74 Å². The summed E-state index contributed by atoms with van der Waals surface area (Å²) in [6.45, 7) is 2.00. The lowest BCUT2D eigenvalue weighted by Gasteiger charge is -2.51. The molecule has 0 bridgehead atoms. The fourth-order valence-electron chi connectivity index (χ4n) is 3.67. The predicted octanol–water partition coefficient (Wildman–Crippen LogP) is 2.48. The summed E-state index contributed by atoms with van der Waals surface area (Å²) in [5.74, 6) is 0.988. The highest BCUT2D eigenvalue weighted by Crippen LogP contribution is 2.43. The number of rotatable bonds is 2. The molecule has 2 saturated carbocycles. The maximum atomic E-state index is 6.06. The van der Waals surface area contributed by atoms with Crippen LogP contribution in [0, 0.1) is 5.92 Å². The molecule has 0 aromatic carbocycles. The van der Waals surface area contributed by atoms with Gasteiger partial charge in [0.2, 0.25) is 0 Å². The van der Waals surface area contributed by atoms with E-state index in [1.807, 2.05) is 0 Å². The van der Waals surface area contributed by atoms with Gasteiger partial charge in [0, 0.05) is 12.6 Å². The highest BCUT2D eigenvalue weighted by atomic mass is 16.5. The van der Waals surface area contributed by atoms with E-state index in [0.717, 1.165) is 19.1 Å². The summed E-state index contributed by atoms with van der Waals surface area (Å²) in [6, 6.07) is 0.670. The lowest BCUT2D eigenvalue weighted by molar-refractivity contribution is -0.148. The molecule has 86 valence electrons.